The fourth-order valence-corrected chi connectivity index (χ4v) is 1.08. The molecule has 0 spiro atoms. The number of carbonyl (C=O) groups is 1. The third-order valence-corrected chi connectivity index (χ3v) is 1.70. The first kappa shape index (κ1) is 9.57. The molecule has 1 atom stereocenters. The minimum Gasteiger partial charge on any atom is -0.370 e. The van der Waals surface area contributed by atoms with E-state index in [0.29, 0.717) is 6.42 Å². The molecule has 0 aromatic carbocycles. The molecule has 1 amide bonds. The molecule has 0 aliphatic heterocycles. The molecule has 1 unspecified atom stereocenters. The van der Waals surface area contributed by atoms with Crippen LogP contribution >= 0.6 is 0 Å². The van der Waals surface area contributed by atoms with Crippen LogP contribution in [0.2, 0.25) is 0 Å². The number of amides is 1. The van der Waals surface area contributed by atoms with E-state index in [2.05, 4.69) is 10.3 Å². The number of carbonyl (C=O) groups excluding carboxylic acids is 1. The summed E-state index contributed by atoms with van der Waals surface area (Å²) in [5.41, 5.74) is 5.05. The summed E-state index contributed by atoms with van der Waals surface area (Å²) in [7, 11) is 1.88. The third kappa shape index (κ3) is 2.77. The first-order valence-electron chi connectivity index (χ1n) is 4.11. The van der Waals surface area contributed by atoms with E-state index in [9.17, 15) is 4.79 Å². The fourth-order valence-electron chi connectivity index (χ4n) is 1.08. The number of nitrogens with two attached hydrogens (primary N) is 1. The average Bonchev–Trinajstić information content (AvgIpc) is 2.34. The Balaban J connectivity index is 2.49. The highest BCUT2D eigenvalue weighted by molar-refractivity contribution is 5.74. The number of imidazole rings is 1. The molecule has 72 valence electrons. The number of hydrogen-bond acceptors (Lipinski definition) is 3. The van der Waals surface area contributed by atoms with Gasteiger partial charge in [0.15, 0.2) is 0 Å². The van der Waals surface area contributed by atoms with E-state index in [-0.39, 0.29) is 11.9 Å². The number of aromatic nitrogens is 2. The molecule has 0 saturated carbocycles. The molecule has 13 heavy (non-hydrogen) atoms. The normalized spacial score (nSPS) is 12.5. The van der Waals surface area contributed by atoms with Crippen LogP contribution in [0, 0.1) is 0 Å². The molecule has 0 bridgehead atoms. The van der Waals surface area contributed by atoms with Gasteiger partial charge in [0.25, 0.3) is 0 Å². The average molecular weight is 182 g/mol. The zero-order valence-electron chi connectivity index (χ0n) is 7.82. The maximum absolute atomic E-state index is 10.6. The van der Waals surface area contributed by atoms with Crippen molar-refractivity contribution in [3.63, 3.8) is 0 Å². The van der Waals surface area contributed by atoms with E-state index in [1.807, 2.05) is 24.7 Å². The van der Waals surface area contributed by atoms with Crippen LogP contribution in [0.5, 0.6) is 0 Å². The van der Waals surface area contributed by atoms with Gasteiger partial charge in [-0.05, 0) is 6.92 Å². The Bertz CT molecular complexity index is 294. The summed E-state index contributed by atoms with van der Waals surface area (Å²) in [5, 5.41) is 3.07. The first-order valence-corrected chi connectivity index (χ1v) is 4.11. The third-order valence-electron chi connectivity index (χ3n) is 1.70. The molecule has 1 aromatic rings. The van der Waals surface area contributed by atoms with Crippen molar-refractivity contribution in [3.05, 3.63) is 12.4 Å². The van der Waals surface area contributed by atoms with Crippen molar-refractivity contribution in [3.8, 4) is 0 Å². The molecule has 5 nitrogen and oxygen atoms in total. The van der Waals surface area contributed by atoms with Gasteiger partial charge < -0.3 is 15.6 Å². The summed E-state index contributed by atoms with van der Waals surface area (Å²) in [6.07, 6.45) is 3.84. The number of nitrogens with zero attached hydrogens (tertiary/aromatic N) is 2. The van der Waals surface area contributed by atoms with Crippen LogP contribution in [-0.2, 0) is 11.8 Å². The first-order chi connectivity index (χ1) is 6.09. The highest BCUT2D eigenvalue weighted by Crippen LogP contribution is 2.04. The predicted molar refractivity (Wildman–Crippen MR) is 50.1 cm³/mol. The molecular weight excluding hydrogens is 168 g/mol. The lowest BCUT2D eigenvalue weighted by molar-refractivity contribution is -0.118. The summed E-state index contributed by atoms with van der Waals surface area (Å²) in [5.74, 6) is 0.433. The van der Waals surface area contributed by atoms with Crippen molar-refractivity contribution in [1.29, 1.82) is 0 Å². The standard InChI is InChI=1S/C8H14N4O/c1-6(5-7(9)13)11-8-10-3-4-12(8)2/h3-4,6H,5H2,1-2H3,(H2,9,13)(H,10,11). The Morgan fingerprint density at radius 2 is 2.54 bits per heavy atom. The molecule has 0 aliphatic rings. The van der Waals surface area contributed by atoms with E-state index in [4.69, 9.17) is 5.73 Å². The summed E-state index contributed by atoms with van der Waals surface area (Å²) in [6, 6.07) is 0.0126. The van der Waals surface area contributed by atoms with Crippen molar-refractivity contribution < 1.29 is 4.79 Å². The van der Waals surface area contributed by atoms with E-state index in [0.717, 1.165) is 5.95 Å². The zero-order chi connectivity index (χ0) is 9.84. The molecule has 0 fully saturated rings. The second-order valence-corrected chi connectivity index (χ2v) is 3.08. The largest absolute Gasteiger partial charge is 0.370 e. The predicted octanol–water partition coefficient (Wildman–Crippen LogP) is 0.0959. The maximum atomic E-state index is 10.6. The Hall–Kier alpha value is -1.52. The number of anilines is 1. The Morgan fingerprint density at radius 1 is 1.85 bits per heavy atom. The van der Waals surface area contributed by atoms with Crippen molar-refractivity contribution in [2.45, 2.75) is 19.4 Å². The Morgan fingerprint density at radius 3 is 3.00 bits per heavy atom. The SMILES string of the molecule is CC(CC(N)=O)Nc1nccn1C. The second kappa shape index (κ2) is 3.93. The van der Waals surface area contributed by atoms with Crippen molar-refractivity contribution >= 4 is 11.9 Å². The van der Waals surface area contributed by atoms with E-state index in [1.54, 1.807) is 6.20 Å². The van der Waals surface area contributed by atoms with E-state index < -0.39 is 0 Å². The van der Waals surface area contributed by atoms with Gasteiger partial charge in [-0.25, -0.2) is 4.98 Å². The molecule has 5 heteroatoms. The summed E-state index contributed by atoms with van der Waals surface area (Å²) in [4.78, 5) is 14.6. The molecule has 3 N–H and O–H groups in total. The summed E-state index contributed by atoms with van der Waals surface area (Å²) < 4.78 is 1.84. The van der Waals surface area contributed by atoms with Crippen molar-refractivity contribution in [2.24, 2.45) is 12.8 Å². The van der Waals surface area contributed by atoms with Crippen molar-refractivity contribution in [1.82, 2.24) is 9.55 Å². The zero-order valence-corrected chi connectivity index (χ0v) is 7.82. The van der Waals surface area contributed by atoms with Crippen LogP contribution < -0.4 is 11.1 Å². The van der Waals surface area contributed by atoms with Gasteiger partial charge in [-0.3, -0.25) is 4.79 Å². The van der Waals surface area contributed by atoms with Crippen LogP contribution in [0.25, 0.3) is 0 Å². The maximum Gasteiger partial charge on any atom is 0.219 e. The van der Waals surface area contributed by atoms with Gasteiger partial charge in [-0.15, -0.1) is 0 Å². The van der Waals surface area contributed by atoms with Crippen LogP contribution in [0.1, 0.15) is 13.3 Å². The van der Waals surface area contributed by atoms with Crippen LogP contribution in [0.15, 0.2) is 12.4 Å². The minimum atomic E-state index is -0.311. The van der Waals surface area contributed by atoms with E-state index in [1.165, 1.54) is 0 Å². The second-order valence-electron chi connectivity index (χ2n) is 3.08. The lowest BCUT2D eigenvalue weighted by Gasteiger charge is -2.12. The fraction of sp³-hybridized carbons (Fsp3) is 0.500. The van der Waals surface area contributed by atoms with Gasteiger partial charge in [-0.2, -0.15) is 0 Å². The van der Waals surface area contributed by atoms with E-state index >= 15 is 0 Å². The number of hydrogen-bond donors (Lipinski definition) is 2. The monoisotopic (exact) mass is 182 g/mol. The summed E-state index contributed by atoms with van der Waals surface area (Å²) in [6.45, 7) is 1.89. The highest BCUT2D eigenvalue weighted by Gasteiger charge is 2.07. The number of aryl methyl sites for hydroxylation is 1. The van der Waals surface area contributed by atoms with Gasteiger partial charge in [0.1, 0.15) is 0 Å². The van der Waals surface area contributed by atoms with Gasteiger partial charge in [0, 0.05) is 31.9 Å². The quantitative estimate of drug-likeness (QED) is 0.693. The van der Waals surface area contributed by atoms with Gasteiger partial charge in [-0.1, -0.05) is 0 Å². The molecule has 1 heterocycles. The van der Waals surface area contributed by atoms with Gasteiger partial charge in [0.2, 0.25) is 11.9 Å². The topological polar surface area (TPSA) is 72.9 Å². The number of rotatable bonds is 4. The minimum absolute atomic E-state index is 0.0126. The van der Waals surface area contributed by atoms with Crippen molar-refractivity contribution in [2.75, 3.05) is 5.32 Å². The lowest BCUT2D eigenvalue weighted by Crippen LogP contribution is -2.25. The molecule has 1 aromatic heterocycles. The smallest absolute Gasteiger partial charge is 0.219 e. The molecule has 0 radical (unpaired) electrons. The van der Waals surface area contributed by atoms with Crippen LogP contribution in [0.4, 0.5) is 5.95 Å². The molecule has 0 aliphatic carbocycles. The highest BCUT2D eigenvalue weighted by atomic mass is 16.1. The Labute approximate surface area is 76.9 Å². The molecular formula is C8H14N4O. The molecule has 1 rings (SSSR count). The summed E-state index contributed by atoms with van der Waals surface area (Å²) >= 11 is 0. The molecule has 0 saturated heterocycles. The number of nitrogens with one attached hydrogen (secondary N) is 1. The lowest BCUT2D eigenvalue weighted by atomic mass is 10.2. The number of primary amides is 1. The van der Waals surface area contributed by atoms with Crippen LogP contribution in [-0.4, -0.2) is 21.5 Å². The van der Waals surface area contributed by atoms with Gasteiger partial charge >= 0.3 is 0 Å². The van der Waals surface area contributed by atoms with Gasteiger partial charge in [0.05, 0.1) is 0 Å². The van der Waals surface area contributed by atoms with Crippen LogP contribution in [0.3, 0.4) is 0 Å². The Kier molecular flexibility index (Phi) is 2.89.